The second kappa shape index (κ2) is 4.29. The van der Waals surface area contributed by atoms with E-state index in [0.717, 1.165) is 5.69 Å². The molecule has 2 heterocycles. The molecule has 5 heteroatoms. The fraction of sp³-hybridized carbons (Fsp3) is 0. The van der Waals surface area contributed by atoms with Crippen LogP contribution in [0, 0.1) is 0 Å². The molecule has 0 bridgehead atoms. The summed E-state index contributed by atoms with van der Waals surface area (Å²) in [6.07, 6.45) is 4.90. The molecule has 88 valence electrons. The summed E-state index contributed by atoms with van der Waals surface area (Å²) in [5.74, 6) is -0.213. The quantitative estimate of drug-likeness (QED) is 0.742. The summed E-state index contributed by atoms with van der Waals surface area (Å²) < 4.78 is 1.57. The Morgan fingerprint density at radius 2 is 2.00 bits per heavy atom. The van der Waals surface area contributed by atoms with E-state index in [0.29, 0.717) is 11.2 Å². The molecule has 0 aliphatic rings. The van der Waals surface area contributed by atoms with Crippen LogP contribution in [0.4, 0.5) is 5.69 Å². The van der Waals surface area contributed by atoms with Crippen LogP contribution in [0.2, 0.25) is 0 Å². The van der Waals surface area contributed by atoms with Crippen molar-refractivity contribution in [3.8, 4) is 0 Å². The lowest BCUT2D eigenvalue weighted by molar-refractivity contribution is 0.102. The molecule has 5 nitrogen and oxygen atoms in total. The van der Waals surface area contributed by atoms with Crippen LogP contribution in [0.25, 0.3) is 5.65 Å². The molecule has 0 atom stereocenters. The Hall–Kier alpha value is -2.69. The van der Waals surface area contributed by atoms with Gasteiger partial charge in [-0.05, 0) is 18.2 Å². The van der Waals surface area contributed by atoms with Gasteiger partial charge in [-0.2, -0.15) is 5.10 Å². The predicted molar refractivity (Wildman–Crippen MR) is 67.4 cm³/mol. The zero-order valence-corrected chi connectivity index (χ0v) is 9.45. The first-order valence-corrected chi connectivity index (χ1v) is 5.49. The third-order valence-corrected chi connectivity index (χ3v) is 2.56. The Bertz CT molecular complexity index is 690. The number of amides is 1. The topological polar surface area (TPSA) is 59.3 Å². The Kier molecular flexibility index (Phi) is 2.49. The Morgan fingerprint density at radius 1 is 1.17 bits per heavy atom. The molecule has 0 aliphatic heterocycles. The third kappa shape index (κ3) is 1.82. The second-order valence-corrected chi connectivity index (χ2v) is 3.77. The number of anilines is 1. The number of aromatic nitrogens is 3. The van der Waals surface area contributed by atoms with Crippen molar-refractivity contribution >= 4 is 17.2 Å². The average molecular weight is 238 g/mol. The highest BCUT2D eigenvalue weighted by atomic mass is 16.1. The van der Waals surface area contributed by atoms with Crippen molar-refractivity contribution in [1.29, 1.82) is 0 Å². The number of para-hydroxylation sites is 1. The molecule has 1 N–H and O–H groups in total. The average Bonchev–Trinajstić information content (AvgIpc) is 2.84. The van der Waals surface area contributed by atoms with Crippen molar-refractivity contribution in [2.75, 3.05) is 5.32 Å². The highest BCUT2D eigenvalue weighted by molar-refractivity contribution is 6.08. The van der Waals surface area contributed by atoms with Crippen LogP contribution in [0.1, 0.15) is 10.4 Å². The van der Waals surface area contributed by atoms with Gasteiger partial charge in [0.1, 0.15) is 5.56 Å². The van der Waals surface area contributed by atoms with E-state index in [9.17, 15) is 4.79 Å². The van der Waals surface area contributed by atoms with Crippen molar-refractivity contribution in [3.63, 3.8) is 0 Å². The third-order valence-electron chi connectivity index (χ3n) is 2.56. The van der Waals surface area contributed by atoms with Crippen molar-refractivity contribution < 1.29 is 4.79 Å². The molecule has 3 aromatic rings. The lowest BCUT2D eigenvalue weighted by Gasteiger charge is -2.02. The number of rotatable bonds is 2. The maximum atomic E-state index is 12.1. The zero-order valence-electron chi connectivity index (χ0n) is 9.45. The van der Waals surface area contributed by atoms with E-state index < -0.39 is 0 Å². The highest BCUT2D eigenvalue weighted by Gasteiger charge is 2.13. The van der Waals surface area contributed by atoms with Gasteiger partial charge in [-0.3, -0.25) is 4.79 Å². The number of hydrogen-bond acceptors (Lipinski definition) is 3. The Balaban J connectivity index is 1.93. The van der Waals surface area contributed by atoms with Gasteiger partial charge >= 0.3 is 0 Å². The summed E-state index contributed by atoms with van der Waals surface area (Å²) in [6.45, 7) is 0. The smallest absolute Gasteiger partial charge is 0.261 e. The van der Waals surface area contributed by atoms with Crippen LogP contribution in [-0.2, 0) is 0 Å². The number of hydrogen-bond donors (Lipinski definition) is 1. The van der Waals surface area contributed by atoms with E-state index in [-0.39, 0.29) is 5.91 Å². The molecular weight excluding hydrogens is 228 g/mol. The minimum Gasteiger partial charge on any atom is -0.322 e. The molecule has 0 unspecified atom stereocenters. The van der Waals surface area contributed by atoms with Crippen molar-refractivity contribution in [1.82, 2.24) is 14.6 Å². The lowest BCUT2D eigenvalue weighted by Crippen LogP contribution is -2.11. The van der Waals surface area contributed by atoms with Crippen LogP contribution >= 0.6 is 0 Å². The maximum Gasteiger partial charge on any atom is 0.261 e. The largest absolute Gasteiger partial charge is 0.322 e. The zero-order chi connectivity index (χ0) is 12.4. The summed E-state index contributed by atoms with van der Waals surface area (Å²) in [6, 6.07) is 11.0. The van der Waals surface area contributed by atoms with Gasteiger partial charge in [0.25, 0.3) is 5.91 Å². The molecule has 1 amide bonds. The fourth-order valence-corrected chi connectivity index (χ4v) is 1.71. The standard InChI is InChI=1S/C13H10N4O/c18-13(16-10-5-2-1-3-6-10)11-9-15-17-8-4-7-14-12(11)17/h1-9H,(H,16,18). The second-order valence-electron chi connectivity index (χ2n) is 3.77. The number of nitrogens with zero attached hydrogens (tertiary/aromatic N) is 3. The first kappa shape index (κ1) is 10.5. The molecule has 0 fully saturated rings. The molecule has 0 aliphatic carbocycles. The van der Waals surface area contributed by atoms with Gasteiger partial charge in [-0.25, -0.2) is 9.50 Å². The summed E-state index contributed by atoms with van der Waals surface area (Å²) in [4.78, 5) is 16.2. The molecule has 0 saturated carbocycles. The van der Waals surface area contributed by atoms with Gasteiger partial charge in [0.2, 0.25) is 0 Å². The first-order valence-electron chi connectivity index (χ1n) is 5.49. The van der Waals surface area contributed by atoms with E-state index in [1.165, 1.54) is 6.20 Å². The van der Waals surface area contributed by atoms with Gasteiger partial charge in [0, 0.05) is 18.1 Å². The lowest BCUT2D eigenvalue weighted by atomic mass is 10.3. The van der Waals surface area contributed by atoms with Crippen molar-refractivity contribution in [2.45, 2.75) is 0 Å². The number of carbonyl (C=O) groups is 1. The molecule has 18 heavy (non-hydrogen) atoms. The maximum absolute atomic E-state index is 12.1. The number of carbonyl (C=O) groups excluding carboxylic acids is 1. The first-order chi connectivity index (χ1) is 8.84. The van der Waals surface area contributed by atoms with Crippen LogP contribution in [0.3, 0.4) is 0 Å². The monoisotopic (exact) mass is 238 g/mol. The number of fused-ring (bicyclic) bond motifs is 1. The van der Waals surface area contributed by atoms with E-state index >= 15 is 0 Å². The van der Waals surface area contributed by atoms with Gasteiger partial charge in [0.05, 0.1) is 6.20 Å². The van der Waals surface area contributed by atoms with Crippen LogP contribution < -0.4 is 5.32 Å². The van der Waals surface area contributed by atoms with Gasteiger partial charge in [0.15, 0.2) is 5.65 Å². The van der Waals surface area contributed by atoms with Gasteiger partial charge in [-0.15, -0.1) is 0 Å². The van der Waals surface area contributed by atoms with Crippen LogP contribution in [-0.4, -0.2) is 20.5 Å². The normalized spacial score (nSPS) is 10.4. The minimum absolute atomic E-state index is 0.213. The van der Waals surface area contributed by atoms with Gasteiger partial charge < -0.3 is 5.32 Å². The summed E-state index contributed by atoms with van der Waals surface area (Å²) in [5.41, 5.74) is 1.75. The van der Waals surface area contributed by atoms with Crippen molar-refractivity contribution in [3.05, 3.63) is 60.6 Å². The molecule has 0 saturated heterocycles. The van der Waals surface area contributed by atoms with Crippen LogP contribution in [0.15, 0.2) is 55.0 Å². The summed E-state index contributed by atoms with van der Waals surface area (Å²) >= 11 is 0. The fourth-order valence-electron chi connectivity index (χ4n) is 1.71. The minimum atomic E-state index is -0.213. The number of benzene rings is 1. The van der Waals surface area contributed by atoms with Crippen molar-refractivity contribution in [2.24, 2.45) is 0 Å². The summed E-state index contributed by atoms with van der Waals surface area (Å²) in [7, 11) is 0. The molecule has 0 radical (unpaired) electrons. The predicted octanol–water partition coefficient (Wildman–Crippen LogP) is 1.98. The van der Waals surface area contributed by atoms with Crippen LogP contribution in [0.5, 0.6) is 0 Å². The Morgan fingerprint density at radius 3 is 2.83 bits per heavy atom. The Labute approximate surface area is 103 Å². The molecule has 1 aromatic carbocycles. The van der Waals surface area contributed by atoms with Gasteiger partial charge in [-0.1, -0.05) is 18.2 Å². The molecule has 3 rings (SSSR count). The number of nitrogens with one attached hydrogen (secondary N) is 1. The van der Waals surface area contributed by atoms with E-state index in [2.05, 4.69) is 15.4 Å². The molecular formula is C13H10N4O. The molecule has 2 aromatic heterocycles. The summed E-state index contributed by atoms with van der Waals surface area (Å²) in [5, 5.41) is 6.88. The van der Waals surface area contributed by atoms with E-state index in [1.54, 1.807) is 23.0 Å². The highest BCUT2D eigenvalue weighted by Crippen LogP contribution is 2.11. The SMILES string of the molecule is O=C(Nc1ccccc1)c1cnn2cccnc12. The van der Waals surface area contributed by atoms with E-state index in [4.69, 9.17) is 0 Å². The van der Waals surface area contributed by atoms with E-state index in [1.807, 2.05) is 30.3 Å². The molecule has 0 spiro atoms.